The smallest absolute Gasteiger partial charge is 0.255 e. The summed E-state index contributed by atoms with van der Waals surface area (Å²) >= 11 is 0. The highest BCUT2D eigenvalue weighted by Gasteiger charge is 2.21. The van der Waals surface area contributed by atoms with Gasteiger partial charge in [0.25, 0.3) is 5.91 Å². The Morgan fingerprint density at radius 3 is 2.74 bits per heavy atom. The van der Waals surface area contributed by atoms with Crippen LogP contribution >= 0.6 is 0 Å². The second-order valence-corrected chi connectivity index (χ2v) is 6.34. The number of unbranched alkanes of at least 4 members (excludes halogenated alkanes) is 1. The Labute approximate surface area is 159 Å². The van der Waals surface area contributed by atoms with Gasteiger partial charge in [0.05, 0.1) is 13.7 Å². The predicted octanol–water partition coefficient (Wildman–Crippen LogP) is 4.21. The number of benzene rings is 2. The molecule has 27 heavy (non-hydrogen) atoms. The first-order chi connectivity index (χ1) is 13.1. The van der Waals surface area contributed by atoms with Gasteiger partial charge in [-0.1, -0.05) is 13.3 Å². The highest BCUT2D eigenvalue weighted by molar-refractivity contribution is 6.05. The van der Waals surface area contributed by atoms with E-state index in [1.54, 1.807) is 12.1 Å². The van der Waals surface area contributed by atoms with Gasteiger partial charge in [0.15, 0.2) is 11.5 Å². The van der Waals surface area contributed by atoms with Crippen molar-refractivity contribution < 1.29 is 23.7 Å². The fourth-order valence-electron chi connectivity index (χ4n) is 2.80. The Balaban J connectivity index is 1.75. The molecule has 0 bridgehead atoms. The zero-order valence-corrected chi connectivity index (χ0v) is 16.0. The van der Waals surface area contributed by atoms with Crippen LogP contribution < -0.4 is 24.3 Å². The molecule has 1 aliphatic heterocycles. The molecule has 0 aliphatic carbocycles. The van der Waals surface area contributed by atoms with Crippen molar-refractivity contribution in [3.8, 4) is 23.0 Å². The van der Waals surface area contributed by atoms with E-state index in [0.717, 1.165) is 29.8 Å². The minimum absolute atomic E-state index is 0.243. The third-order valence-electron chi connectivity index (χ3n) is 4.30. The Kier molecular flexibility index (Phi) is 6.06. The molecule has 0 unspecified atom stereocenters. The van der Waals surface area contributed by atoms with Gasteiger partial charge in [-0.25, -0.2) is 0 Å². The lowest BCUT2D eigenvalue weighted by molar-refractivity contribution is 0.102. The Morgan fingerprint density at radius 2 is 2.00 bits per heavy atom. The number of fused-ring (bicyclic) bond motifs is 1. The number of aryl methyl sites for hydroxylation is 1. The SMILES string of the molecule is CCCCOc1ccc(NC(=O)c2cc(OC)c3c(c2)OCCO3)c(C)c1. The van der Waals surface area contributed by atoms with E-state index in [2.05, 4.69) is 12.2 Å². The average Bonchev–Trinajstić information content (AvgIpc) is 2.69. The summed E-state index contributed by atoms with van der Waals surface area (Å²) in [5, 5.41) is 2.93. The van der Waals surface area contributed by atoms with Crippen LogP contribution in [0.2, 0.25) is 0 Å². The molecule has 144 valence electrons. The van der Waals surface area contributed by atoms with E-state index in [1.165, 1.54) is 7.11 Å². The molecule has 0 saturated carbocycles. The molecule has 1 heterocycles. The van der Waals surface area contributed by atoms with Crippen LogP contribution in [0.4, 0.5) is 5.69 Å². The number of carbonyl (C=O) groups is 1. The number of ether oxygens (including phenoxy) is 4. The van der Waals surface area contributed by atoms with Crippen LogP contribution in [0.5, 0.6) is 23.0 Å². The van der Waals surface area contributed by atoms with Crippen molar-refractivity contribution in [2.45, 2.75) is 26.7 Å². The van der Waals surface area contributed by atoms with Crippen LogP contribution in [-0.4, -0.2) is 32.8 Å². The van der Waals surface area contributed by atoms with Gasteiger partial charge in [-0.2, -0.15) is 0 Å². The molecule has 2 aromatic rings. The molecule has 0 spiro atoms. The second kappa shape index (κ2) is 8.66. The van der Waals surface area contributed by atoms with Gasteiger partial charge >= 0.3 is 0 Å². The molecule has 0 aromatic heterocycles. The van der Waals surface area contributed by atoms with E-state index in [-0.39, 0.29) is 5.91 Å². The molecule has 6 nitrogen and oxygen atoms in total. The number of methoxy groups -OCH3 is 1. The predicted molar refractivity (Wildman–Crippen MR) is 104 cm³/mol. The highest BCUT2D eigenvalue weighted by atomic mass is 16.6. The summed E-state index contributed by atoms with van der Waals surface area (Å²) in [5.41, 5.74) is 2.11. The molecule has 1 N–H and O–H groups in total. The summed E-state index contributed by atoms with van der Waals surface area (Å²) in [6, 6.07) is 8.96. The fourth-order valence-corrected chi connectivity index (χ4v) is 2.80. The monoisotopic (exact) mass is 371 g/mol. The van der Waals surface area contributed by atoms with E-state index in [1.807, 2.05) is 25.1 Å². The summed E-state index contributed by atoms with van der Waals surface area (Å²) in [7, 11) is 1.54. The molecular formula is C21H25NO5. The Bertz CT molecular complexity index is 801. The zero-order valence-electron chi connectivity index (χ0n) is 16.0. The van der Waals surface area contributed by atoms with Gasteiger partial charge in [0.2, 0.25) is 5.75 Å². The molecule has 1 amide bonds. The molecule has 1 aliphatic rings. The number of hydrogen-bond donors (Lipinski definition) is 1. The topological polar surface area (TPSA) is 66.0 Å². The van der Waals surface area contributed by atoms with Crippen molar-refractivity contribution in [1.82, 2.24) is 0 Å². The zero-order chi connectivity index (χ0) is 19.2. The molecule has 3 rings (SSSR count). The van der Waals surface area contributed by atoms with Gasteiger partial charge in [0.1, 0.15) is 19.0 Å². The van der Waals surface area contributed by atoms with Gasteiger partial charge in [-0.05, 0) is 49.2 Å². The van der Waals surface area contributed by atoms with E-state index in [4.69, 9.17) is 18.9 Å². The van der Waals surface area contributed by atoms with Crippen molar-refractivity contribution in [2.24, 2.45) is 0 Å². The number of hydrogen-bond acceptors (Lipinski definition) is 5. The minimum atomic E-state index is -0.243. The summed E-state index contributed by atoms with van der Waals surface area (Å²) in [5.74, 6) is 2.09. The summed E-state index contributed by atoms with van der Waals surface area (Å²) in [6.45, 7) is 5.66. The van der Waals surface area contributed by atoms with Crippen molar-refractivity contribution in [2.75, 3.05) is 32.2 Å². The normalized spacial score (nSPS) is 12.4. The number of amides is 1. The van der Waals surface area contributed by atoms with Crippen LogP contribution in [0, 0.1) is 6.92 Å². The summed E-state index contributed by atoms with van der Waals surface area (Å²) < 4.78 is 22.2. The number of anilines is 1. The lowest BCUT2D eigenvalue weighted by Gasteiger charge is -2.21. The Morgan fingerprint density at radius 1 is 1.19 bits per heavy atom. The largest absolute Gasteiger partial charge is 0.494 e. The number of nitrogens with one attached hydrogen (secondary N) is 1. The van der Waals surface area contributed by atoms with Crippen LogP contribution in [0.3, 0.4) is 0 Å². The third kappa shape index (κ3) is 4.45. The summed E-state index contributed by atoms with van der Waals surface area (Å²) in [4.78, 5) is 12.7. The van der Waals surface area contributed by atoms with E-state index in [0.29, 0.717) is 42.6 Å². The lowest BCUT2D eigenvalue weighted by Crippen LogP contribution is -2.18. The first kappa shape index (κ1) is 18.9. The number of carbonyl (C=O) groups excluding carboxylic acids is 1. The van der Waals surface area contributed by atoms with E-state index in [9.17, 15) is 4.79 Å². The van der Waals surface area contributed by atoms with Crippen LogP contribution in [0.1, 0.15) is 35.7 Å². The maximum absolute atomic E-state index is 12.7. The standard InChI is InChI=1S/C21H25NO5/c1-4-5-8-25-16-6-7-17(14(2)11-16)22-21(23)15-12-18(24-3)20-19(13-15)26-9-10-27-20/h6-7,11-13H,4-5,8-10H2,1-3H3,(H,22,23). The molecule has 0 atom stereocenters. The molecule has 6 heteroatoms. The third-order valence-corrected chi connectivity index (χ3v) is 4.30. The van der Waals surface area contributed by atoms with Crippen LogP contribution in [0.25, 0.3) is 0 Å². The van der Waals surface area contributed by atoms with E-state index < -0.39 is 0 Å². The Hall–Kier alpha value is -2.89. The first-order valence-corrected chi connectivity index (χ1v) is 9.14. The van der Waals surface area contributed by atoms with Crippen LogP contribution in [-0.2, 0) is 0 Å². The molecule has 2 aromatic carbocycles. The molecule has 0 saturated heterocycles. The highest BCUT2D eigenvalue weighted by Crippen LogP contribution is 2.40. The second-order valence-electron chi connectivity index (χ2n) is 6.34. The van der Waals surface area contributed by atoms with E-state index >= 15 is 0 Å². The lowest BCUT2D eigenvalue weighted by atomic mass is 10.1. The van der Waals surface area contributed by atoms with Gasteiger partial charge in [-0.15, -0.1) is 0 Å². The quantitative estimate of drug-likeness (QED) is 0.739. The van der Waals surface area contributed by atoms with Gasteiger partial charge < -0.3 is 24.3 Å². The molecular weight excluding hydrogens is 346 g/mol. The maximum Gasteiger partial charge on any atom is 0.255 e. The average molecular weight is 371 g/mol. The molecule has 0 fully saturated rings. The summed E-state index contributed by atoms with van der Waals surface area (Å²) in [6.07, 6.45) is 2.11. The first-order valence-electron chi connectivity index (χ1n) is 9.14. The molecule has 0 radical (unpaired) electrons. The van der Waals surface area contributed by atoms with Crippen molar-refractivity contribution in [1.29, 1.82) is 0 Å². The van der Waals surface area contributed by atoms with Crippen molar-refractivity contribution >= 4 is 11.6 Å². The maximum atomic E-state index is 12.7. The van der Waals surface area contributed by atoms with Crippen molar-refractivity contribution in [3.63, 3.8) is 0 Å². The van der Waals surface area contributed by atoms with Crippen molar-refractivity contribution in [3.05, 3.63) is 41.5 Å². The number of rotatable bonds is 7. The fraction of sp³-hybridized carbons (Fsp3) is 0.381. The minimum Gasteiger partial charge on any atom is -0.494 e. The van der Waals surface area contributed by atoms with Crippen LogP contribution in [0.15, 0.2) is 30.3 Å². The van der Waals surface area contributed by atoms with Gasteiger partial charge in [-0.3, -0.25) is 4.79 Å². The van der Waals surface area contributed by atoms with Gasteiger partial charge in [0, 0.05) is 11.3 Å².